The molecular formula is C22H35N5O2. The van der Waals surface area contributed by atoms with Gasteiger partial charge in [0, 0.05) is 51.1 Å². The fourth-order valence-electron chi connectivity index (χ4n) is 3.34. The first-order valence-electron chi connectivity index (χ1n) is 10.2. The van der Waals surface area contributed by atoms with Gasteiger partial charge in [-0.1, -0.05) is 26.0 Å². The van der Waals surface area contributed by atoms with E-state index in [0.29, 0.717) is 26.3 Å². The van der Waals surface area contributed by atoms with Gasteiger partial charge in [-0.2, -0.15) is 5.10 Å². The van der Waals surface area contributed by atoms with E-state index in [0.717, 1.165) is 35.8 Å². The first-order valence-corrected chi connectivity index (χ1v) is 10.2. The van der Waals surface area contributed by atoms with Crippen LogP contribution in [0.3, 0.4) is 0 Å². The molecule has 0 bridgehead atoms. The zero-order valence-corrected chi connectivity index (χ0v) is 18.6. The van der Waals surface area contributed by atoms with Crippen LogP contribution in [-0.4, -0.2) is 43.1 Å². The van der Waals surface area contributed by atoms with Gasteiger partial charge in [-0.25, -0.2) is 0 Å². The Balaban J connectivity index is 2.02. The molecule has 1 heterocycles. The molecule has 2 N–H and O–H groups in total. The van der Waals surface area contributed by atoms with Crippen LogP contribution in [0.1, 0.15) is 41.9 Å². The van der Waals surface area contributed by atoms with Crippen LogP contribution in [0.4, 0.5) is 0 Å². The predicted molar refractivity (Wildman–Crippen MR) is 118 cm³/mol. The molecule has 2 rings (SSSR count). The molecule has 0 unspecified atom stereocenters. The molecule has 0 atom stereocenters. The van der Waals surface area contributed by atoms with E-state index in [2.05, 4.69) is 59.7 Å². The number of nitrogens with zero attached hydrogens (tertiary/aromatic N) is 3. The Morgan fingerprint density at radius 2 is 1.90 bits per heavy atom. The van der Waals surface area contributed by atoms with Gasteiger partial charge in [-0.3, -0.25) is 9.67 Å². The standard InChI is InChI=1S/C22H35N5O2/c1-7-19-18(20(8-2)27(5)26-19)15-25-22(23-4)24-14-17-10-9-16(3)13-21(17)29-12-11-28-6/h9-10,13H,7-8,11-12,14-15H2,1-6H3,(H2,23,24,25). The minimum absolute atomic E-state index is 0.528. The maximum atomic E-state index is 5.88. The number of hydrogen-bond donors (Lipinski definition) is 2. The third kappa shape index (κ3) is 6.22. The summed E-state index contributed by atoms with van der Waals surface area (Å²) in [7, 11) is 5.47. The SMILES string of the molecule is CCc1nn(C)c(CC)c1CNC(=NC)NCc1ccc(C)cc1OCCOC. The maximum absolute atomic E-state index is 5.88. The molecule has 0 aliphatic carbocycles. The normalized spacial score (nSPS) is 11.6. The number of benzene rings is 1. The monoisotopic (exact) mass is 401 g/mol. The fourth-order valence-corrected chi connectivity index (χ4v) is 3.34. The summed E-state index contributed by atoms with van der Waals surface area (Å²) in [4.78, 5) is 4.37. The van der Waals surface area contributed by atoms with Gasteiger partial charge in [-0.15, -0.1) is 0 Å². The number of nitrogens with one attached hydrogen (secondary N) is 2. The zero-order valence-electron chi connectivity index (χ0n) is 18.6. The Bertz CT molecular complexity index is 814. The van der Waals surface area contributed by atoms with E-state index < -0.39 is 0 Å². The molecule has 29 heavy (non-hydrogen) atoms. The minimum atomic E-state index is 0.528. The van der Waals surface area contributed by atoms with Gasteiger partial charge >= 0.3 is 0 Å². The van der Waals surface area contributed by atoms with Crippen molar-refractivity contribution in [3.8, 4) is 5.75 Å². The van der Waals surface area contributed by atoms with Crippen LogP contribution in [0.25, 0.3) is 0 Å². The number of aryl methyl sites for hydroxylation is 3. The van der Waals surface area contributed by atoms with Gasteiger partial charge in [0.05, 0.1) is 12.3 Å². The highest BCUT2D eigenvalue weighted by atomic mass is 16.5. The van der Waals surface area contributed by atoms with Crippen molar-refractivity contribution in [2.24, 2.45) is 12.0 Å². The first kappa shape index (κ1) is 22.7. The summed E-state index contributed by atoms with van der Waals surface area (Å²) < 4.78 is 13.0. The molecule has 1 aromatic carbocycles. The maximum Gasteiger partial charge on any atom is 0.191 e. The Labute approximate surface area is 174 Å². The van der Waals surface area contributed by atoms with Crippen LogP contribution >= 0.6 is 0 Å². The van der Waals surface area contributed by atoms with Crippen LogP contribution in [0.5, 0.6) is 5.75 Å². The fraction of sp³-hybridized carbons (Fsp3) is 0.545. The quantitative estimate of drug-likeness (QED) is 0.364. The topological polar surface area (TPSA) is 72.7 Å². The highest BCUT2D eigenvalue weighted by Gasteiger charge is 2.14. The summed E-state index contributed by atoms with van der Waals surface area (Å²) >= 11 is 0. The van der Waals surface area contributed by atoms with Crippen molar-refractivity contribution in [2.75, 3.05) is 27.4 Å². The predicted octanol–water partition coefficient (Wildman–Crippen LogP) is 2.74. The molecule has 0 fully saturated rings. The van der Waals surface area contributed by atoms with E-state index in [1.54, 1.807) is 14.2 Å². The molecule has 0 saturated heterocycles. The van der Waals surface area contributed by atoms with Gasteiger partial charge in [0.1, 0.15) is 12.4 Å². The largest absolute Gasteiger partial charge is 0.491 e. The molecular weight excluding hydrogens is 366 g/mol. The smallest absolute Gasteiger partial charge is 0.191 e. The van der Waals surface area contributed by atoms with E-state index in [1.807, 2.05) is 11.7 Å². The molecule has 7 heteroatoms. The third-order valence-corrected chi connectivity index (χ3v) is 4.90. The number of guanidine groups is 1. The van der Waals surface area contributed by atoms with Crippen molar-refractivity contribution in [3.63, 3.8) is 0 Å². The second kappa shape index (κ2) is 11.5. The lowest BCUT2D eigenvalue weighted by Gasteiger charge is -2.16. The third-order valence-electron chi connectivity index (χ3n) is 4.90. The Morgan fingerprint density at radius 1 is 1.14 bits per heavy atom. The summed E-state index contributed by atoms with van der Waals surface area (Å²) in [6.45, 7) is 8.78. The molecule has 0 aliphatic rings. The number of rotatable bonds is 10. The number of hydrogen-bond acceptors (Lipinski definition) is 4. The Morgan fingerprint density at radius 3 is 2.55 bits per heavy atom. The van der Waals surface area contributed by atoms with E-state index in [4.69, 9.17) is 9.47 Å². The molecule has 0 amide bonds. The van der Waals surface area contributed by atoms with Gasteiger partial charge in [0.2, 0.25) is 0 Å². The Hall–Kier alpha value is -2.54. The molecule has 0 aliphatic heterocycles. The summed E-state index contributed by atoms with van der Waals surface area (Å²) in [5, 5.41) is 11.5. The summed E-state index contributed by atoms with van der Waals surface area (Å²) in [6, 6.07) is 6.23. The number of methoxy groups -OCH3 is 1. The van der Waals surface area contributed by atoms with Crippen LogP contribution in [-0.2, 0) is 37.7 Å². The molecule has 0 saturated carbocycles. The highest BCUT2D eigenvalue weighted by molar-refractivity contribution is 5.79. The lowest BCUT2D eigenvalue weighted by atomic mass is 10.1. The van der Waals surface area contributed by atoms with E-state index in [-0.39, 0.29) is 0 Å². The average Bonchev–Trinajstić information content (AvgIpc) is 3.04. The van der Waals surface area contributed by atoms with Gasteiger partial charge in [0.25, 0.3) is 0 Å². The van der Waals surface area contributed by atoms with Gasteiger partial charge < -0.3 is 20.1 Å². The highest BCUT2D eigenvalue weighted by Crippen LogP contribution is 2.20. The lowest BCUT2D eigenvalue weighted by Crippen LogP contribution is -2.36. The van der Waals surface area contributed by atoms with Crippen molar-refractivity contribution < 1.29 is 9.47 Å². The average molecular weight is 402 g/mol. The first-order chi connectivity index (χ1) is 14.0. The summed E-state index contributed by atoms with van der Waals surface area (Å²) in [5.74, 6) is 1.63. The van der Waals surface area contributed by atoms with Crippen molar-refractivity contribution in [1.82, 2.24) is 20.4 Å². The lowest BCUT2D eigenvalue weighted by molar-refractivity contribution is 0.145. The van der Waals surface area contributed by atoms with Crippen LogP contribution < -0.4 is 15.4 Å². The number of ether oxygens (including phenoxy) is 2. The van der Waals surface area contributed by atoms with Crippen LogP contribution in [0.15, 0.2) is 23.2 Å². The van der Waals surface area contributed by atoms with Crippen molar-refractivity contribution >= 4 is 5.96 Å². The second-order valence-electron chi connectivity index (χ2n) is 6.93. The van der Waals surface area contributed by atoms with Gasteiger partial charge in [-0.05, 0) is 31.4 Å². The van der Waals surface area contributed by atoms with Crippen molar-refractivity contribution in [3.05, 3.63) is 46.3 Å². The summed E-state index contributed by atoms with van der Waals surface area (Å²) in [5.41, 5.74) is 5.91. The molecule has 160 valence electrons. The summed E-state index contributed by atoms with van der Waals surface area (Å²) in [6.07, 6.45) is 1.88. The van der Waals surface area contributed by atoms with Gasteiger partial charge in [0.15, 0.2) is 5.96 Å². The zero-order chi connectivity index (χ0) is 21.2. The van der Waals surface area contributed by atoms with Crippen LogP contribution in [0.2, 0.25) is 0 Å². The molecule has 7 nitrogen and oxygen atoms in total. The van der Waals surface area contributed by atoms with E-state index >= 15 is 0 Å². The van der Waals surface area contributed by atoms with E-state index in [9.17, 15) is 0 Å². The molecule has 0 spiro atoms. The van der Waals surface area contributed by atoms with Crippen LogP contribution in [0, 0.1) is 6.92 Å². The molecule has 1 aromatic heterocycles. The van der Waals surface area contributed by atoms with Crippen molar-refractivity contribution in [1.29, 1.82) is 0 Å². The number of aromatic nitrogens is 2. The van der Waals surface area contributed by atoms with E-state index in [1.165, 1.54) is 16.8 Å². The second-order valence-corrected chi connectivity index (χ2v) is 6.93. The molecule has 0 radical (unpaired) electrons. The number of aliphatic imine (C=N–C) groups is 1. The Kier molecular flexibility index (Phi) is 8.99. The minimum Gasteiger partial charge on any atom is -0.491 e. The van der Waals surface area contributed by atoms with Crippen molar-refractivity contribution in [2.45, 2.75) is 46.7 Å². The molecule has 2 aromatic rings.